The van der Waals surface area contributed by atoms with Crippen molar-refractivity contribution in [1.82, 2.24) is 14.5 Å². The minimum absolute atomic E-state index is 0.719. The molecule has 2 saturated carbocycles. The first-order valence-corrected chi connectivity index (χ1v) is 15.1. The first kappa shape index (κ1) is 23.3. The van der Waals surface area contributed by atoms with Crippen LogP contribution in [0, 0.1) is 11.8 Å². The molecule has 0 atom stereocenters. The molecular weight excluding hydrogens is 500 g/mol. The maximum atomic E-state index is 5.23. The molecule has 4 aliphatic rings. The number of anilines is 1. The van der Waals surface area contributed by atoms with Crippen LogP contribution in [0.4, 0.5) is 5.69 Å². The molecule has 2 saturated heterocycles. The molecule has 4 aromatic carbocycles. The van der Waals surface area contributed by atoms with Gasteiger partial charge in [0.25, 0.3) is 0 Å². The van der Waals surface area contributed by atoms with Crippen molar-refractivity contribution in [2.75, 3.05) is 4.90 Å². The second kappa shape index (κ2) is 9.04. The fourth-order valence-corrected chi connectivity index (χ4v) is 8.34. The van der Waals surface area contributed by atoms with Crippen LogP contribution in [0.25, 0.3) is 50.3 Å². The SMILES string of the molecule is c1ccc(-c2cc(-n3c4ccccc4c4ccccc43)nc(-c3ccc(N4C5CC6CC(C5)CC4C6)cc3)n2)cc1. The molecule has 0 amide bonds. The first-order chi connectivity index (χ1) is 20.3. The summed E-state index contributed by atoms with van der Waals surface area (Å²) in [6.07, 6.45) is 6.97. The Morgan fingerprint density at radius 1 is 0.537 bits per heavy atom. The summed E-state index contributed by atoms with van der Waals surface area (Å²) in [5.41, 5.74) is 6.75. The quantitative estimate of drug-likeness (QED) is 0.228. The van der Waals surface area contributed by atoms with E-state index < -0.39 is 0 Å². The number of hydrogen-bond acceptors (Lipinski definition) is 3. The van der Waals surface area contributed by atoms with Crippen LogP contribution in [0.5, 0.6) is 0 Å². The summed E-state index contributed by atoms with van der Waals surface area (Å²) >= 11 is 0. The molecule has 4 nitrogen and oxygen atoms in total. The largest absolute Gasteiger partial charge is 0.366 e. The second-order valence-corrected chi connectivity index (χ2v) is 12.3. The van der Waals surface area contributed by atoms with E-state index in [2.05, 4.69) is 119 Å². The predicted octanol–water partition coefficient (Wildman–Crippen LogP) is 8.68. The van der Waals surface area contributed by atoms with E-state index in [1.807, 2.05) is 0 Å². The number of hydrogen-bond donors (Lipinski definition) is 0. The summed E-state index contributed by atoms with van der Waals surface area (Å²) < 4.78 is 2.29. The molecular formula is C37H32N4. The van der Waals surface area contributed by atoms with Gasteiger partial charge in [0, 0.05) is 45.7 Å². The van der Waals surface area contributed by atoms with Crippen LogP contribution >= 0.6 is 0 Å². The molecule has 4 bridgehead atoms. The van der Waals surface area contributed by atoms with Crippen LogP contribution in [0.1, 0.15) is 32.1 Å². The minimum atomic E-state index is 0.719. The van der Waals surface area contributed by atoms with Gasteiger partial charge in [-0.3, -0.25) is 4.57 Å². The van der Waals surface area contributed by atoms with Crippen molar-refractivity contribution >= 4 is 27.5 Å². The smallest absolute Gasteiger partial charge is 0.162 e. The molecule has 4 heterocycles. The molecule has 4 fully saturated rings. The van der Waals surface area contributed by atoms with Gasteiger partial charge in [0.2, 0.25) is 0 Å². The summed E-state index contributed by atoms with van der Waals surface area (Å²) in [5, 5.41) is 2.47. The Labute approximate surface area is 240 Å². The standard InChI is InChI=1S/C37H32N4/c1-2-8-26(9-3-1)33-23-36(41-34-12-6-4-10-31(34)32-11-5-7-13-35(32)41)39-37(38-33)27-14-16-28(17-15-27)40-29-19-24-18-25(21-29)22-30(40)20-24/h1-17,23-25,29-30H,18-22H2. The molecule has 2 aliphatic heterocycles. The Bertz CT molecular complexity index is 1820. The van der Waals surface area contributed by atoms with E-state index in [4.69, 9.17) is 9.97 Å². The number of piperidine rings is 2. The average molecular weight is 533 g/mol. The third-order valence-corrected chi connectivity index (χ3v) is 9.89. The molecule has 41 heavy (non-hydrogen) atoms. The minimum Gasteiger partial charge on any atom is -0.366 e. The van der Waals surface area contributed by atoms with Gasteiger partial charge in [0.15, 0.2) is 5.82 Å². The summed E-state index contributed by atoms with van der Waals surface area (Å²) in [6, 6.07) is 40.4. The van der Waals surface area contributed by atoms with E-state index in [0.717, 1.165) is 63.4 Å². The van der Waals surface area contributed by atoms with Crippen LogP contribution in [0.3, 0.4) is 0 Å². The van der Waals surface area contributed by atoms with Crippen molar-refractivity contribution in [3.05, 3.63) is 109 Å². The number of nitrogens with zero attached hydrogens (tertiary/aromatic N) is 4. The Kier molecular flexibility index (Phi) is 5.13. The summed E-state index contributed by atoms with van der Waals surface area (Å²) in [7, 11) is 0. The zero-order chi connectivity index (χ0) is 26.9. The lowest BCUT2D eigenvalue weighted by Gasteiger charge is -2.57. The number of aromatic nitrogens is 3. The van der Waals surface area contributed by atoms with Crippen LogP contribution < -0.4 is 4.90 Å². The molecule has 0 spiro atoms. The highest BCUT2D eigenvalue weighted by Gasteiger charge is 2.46. The van der Waals surface area contributed by atoms with Crippen LogP contribution in [0.15, 0.2) is 109 Å². The highest BCUT2D eigenvalue weighted by molar-refractivity contribution is 6.09. The Hall–Kier alpha value is -4.44. The van der Waals surface area contributed by atoms with Crippen molar-refractivity contribution < 1.29 is 0 Å². The third kappa shape index (κ3) is 3.73. The average Bonchev–Trinajstić information content (AvgIpc) is 3.36. The highest BCUT2D eigenvalue weighted by atomic mass is 15.2. The molecule has 200 valence electrons. The van der Waals surface area contributed by atoms with Crippen LogP contribution in [0.2, 0.25) is 0 Å². The highest BCUT2D eigenvalue weighted by Crippen LogP contribution is 2.50. The fourth-order valence-electron chi connectivity index (χ4n) is 8.34. The second-order valence-electron chi connectivity index (χ2n) is 12.3. The van der Waals surface area contributed by atoms with E-state index in [1.54, 1.807) is 0 Å². The monoisotopic (exact) mass is 532 g/mol. The topological polar surface area (TPSA) is 34.0 Å². The van der Waals surface area contributed by atoms with E-state index in [1.165, 1.54) is 48.6 Å². The Morgan fingerprint density at radius 3 is 1.76 bits per heavy atom. The van der Waals surface area contributed by atoms with Gasteiger partial charge in [0.1, 0.15) is 5.82 Å². The van der Waals surface area contributed by atoms with Gasteiger partial charge in [-0.25, -0.2) is 9.97 Å². The van der Waals surface area contributed by atoms with Gasteiger partial charge in [-0.2, -0.15) is 0 Å². The van der Waals surface area contributed by atoms with Gasteiger partial charge in [-0.05, 0) is 80.3 Å². The predicted molar refractivity (Wildman–Crippen MR) is 167 cm³/mol. The van der Waals surface area contributed by atoms with Gasteiger partial charge in [0.05, 0.1) is 16.7 Å². The Morgan fingerprint density at radius 2 is 1.12 bits per heavy atom. The fraction of sp³-hybridized carbons (Fsp3) is 0.243. The molecule has 0 N–H and O–H groups in total. The Balaban J connectivity index is 1.18. The zero-order valence-electron chi connectivity index (χ0n) is 23.0. The lowest BCUT2D eigenvalue weighted by molar-refractivity contribution is 0.0900. The van der Waals surface area contributed by atoms with Crippen molar-refractivity contribution in [3.8, 4) is 28.5 Å². The van der Waals surface area contributed by atoms with E-state index in [0.29, 0.717) is 0 Å². The molecule has 2 aliphatic carbocycles. The van der Waals surface area contributed by atoms with Gasteiger partial charge in [-0.1, -0.05) is 66.7 Å². The molecule has 0 radical (unpaired) electrons. The van der Waals surface area contributed by atoms with E-state index in [-0.39, 0.29) is 0 Å². The number of benzene rings is 4. The maximum Gasteiger partial charge on any atom is 0.162 e. The summed E-state index contributed by atoms with van der Waals surface area (Å²) in [5.74, 6) is 3.57. The van der Waals surface area contributed by atoms with Crippen molar-refractivity contribution in [1.29, 1.82) is 0 Å². The molecule has 0 unspecified atom stereocenters. The van der Waals surface area contributed by atoms with Crippen LogP contribution in [-0.4, -0.2) is 26.6 Å². The van der Waals surface area contributed by atoms with Gasteiger partial charge < -0.3 is 4.90 Å². The van der Waals surface area contributed by atoms with Gasteiger partial charge in [-0.15, -0.1) is 0 Å². The van der Waals surface area contributed by atoms with Crippen LogP contribution in [-0.2, 0) is 0 Å². The summed E-state index contributed by atoms with van der Waals surface area (Å²) in [4.78, 5) is 13.1. The molecule has 4 heteroatoms. The van der Waals surface area contributed by atoms with Crippen molar-refractivity contribution in [3.63, 3.8) is 0 Å². The molecule has 2 aromatic heterocycles. The lowest BCUT2D eigenvalue weighted by atomic mass is 9.63. The third-order valence-electron chi connectivity index (χ3n) is 9.89. The number of fused-ring (bicyclic) bond motifs is 3. The number of para-hydroxylation sites is 2. The number of rotatable bonds is 4. The first-order valence-electron chi connectivity index (χ1n) is 15.1. The van der Waals surface area contributed by atoms with Crippen molar-refractivity contribution in [2.24, 2.45) is 11.8 Å². The van der Waals surface area contributed by atoms with E-state index in [9.17, 15) is 0 Å². The van der Waals surface area contributed by atoms with Gasteiger partial charge >= 0.3 is 0 Å². The van der Waals surface area contributed by atoms with E-state index >= 15 is 0 Å². The zero-order valence-corrected chi connectivity index (χ0v) is 23.0. The normalized spacial score (nSPS) is 23.1. The maximum absolute atomic E-state index is 5.23. The van der Waals surface area contributed by atoms with Crippen molar-refractivity contribution in [2.45, 2.75) is 44.2 Å². The molecule has 10 rings (SSSR count). The molecule has 6 aromatic rings. The summed E-state index contributed by atoms with van der Waals surface area (Å²) in [6.45, 7) is 0. The lowest BCUT2D eigenvalue weighted by Crippen LogP contribution is -2.58.